The molecule has 1 aromatic heterocycles. The van der Waals surface area contributed by atoms with Crippen LogP contribution in [0.2, 0.25) is 0 Å². The largest absolute Gasteiger partial charge is 0.480 e. The number of thiophene rings is 1. The first-order chi connectivity index (χ1) is 14.8. The normalized spacial score (nSPS) is 12.9. The maximum absolute atomic E-state index is 12.1. The SMILES string of the molecule is CC(C)C(C(=O)O)N(c1ccc(-c2ccc(NC(=O)c3cccs3)cc2)cc1)S(=O)O. The molecule has 1 amide bonds. The van der Waals surface area contributed by atoms with E-state index < -0.39 is 23.3 Å². The molecule has 3 aromatic rings. The van der Waals surface area contributed by atoms with Gasteiger partial charge in [0.15, 0.2) is 0 Å². The van der Waals surface area contributed by atoms with Crippen molar-refractivity contribution in [3.8, 4) is 11.1 Å². The number of carbonyl (C=O) groups is 2. The molecule has 2 unspecified atom stereocenters. The van der Waals surface area contributed by atoms with E-state index in [4.69, 9.17) is 0 Å². The summed E-state index contributed by atoms with van der Waals surface area (Å²) >= 11 is -1.12. The van der Waals surface area contributed by atoms with Gasteiger partial charge in [0.05, 0.1) is 10.6 Å². The van der Waals surface area contributed by atoms with Crippen LogP contribution >= 0.6 is 11.3 Å². The molecule has 0 radical (unpaired) electrons. The van der Waals surface area contributed by atoms with Gasteiger partial charge in [-0.15, -0.1) is 11.3 Å². The standard InChI is InChI=1S/C22H22N2O5S2/c1-14(2)20(22(26)27)24(31(28)29)18-11-7-16(8-12-18)15-5-9-17(10-6-15)23-21(25)19-4-3-13-30-19/h3-14,20H,1-2H3,(H,23,25)(H,26,27)(H,28,29). The van der Waals surface area contributed by atoms with Crippen molar-refractivity contribution < 1.29 is 23.5 Å². The zero-order valence-corrected chi connectivity index (χ0v) is 18.5. The van der Waals surface area contributed by atoms with Crippen molar-refractivity contribution in [2.24, 2.45) is 5.92 Å². The topological polar surface area (TPSA) is 107 Å². The highest BCUT2D eigenvalue weighted by Gasteiger charge is 2.32. The molecule has 2 atom stereocenters. The fourth-order valence-electron chi connectivity index (χ4n) is 3.15. The van der Waals surface area contributed by atoms with E-state index in [9.17, 15) is 23.5 Å². The van der Waals surface area contributed by atoms with Gasteiger partial charge in [0.2, 0.25) is 0 Å². The number of carboxylic acids is 1. The summed E-state index contributed by atoms with van der Waals surface area (Å²) in [6, 6.07) is 16.5. The molecule has 31 heavy (non-hydrogen) atoms. The number of nitrogens with zero attached hydrogens (tertiary/aromatic N) is 1. The molecular formula is C22H22N2O5S2. The molecule has 1 heterocycles. The number of hydrogen-bond acceptors (Lipinski definition) is 4. The van der Waals surface area contributed by atoms with Crippen LogP contribution in [0.3, 0.4) is 0 Å². The number of aliphatic carboxylic acids is 1. The lowest BCUT2D eigenvalue weighted by Crippen LogP contribution is -2.45. The van der Waals surface area contributed by atoms with Crippen LogP contribution in [0.25, 0.3) is 11.1 Å². The highest BCUT2D eigenvalue weighted by atomic mass is 32.2. The Morgan fingerprint density at radius 1 is 1.00 bits per heavy atom. The van der Waals surface area contributed by atoms with E-state index in [-0.39, 0.29) is 11.8 Å². The van der Waals surface area contributed by atoms with Crippen LogP contribution < -0.4 is 9.62 Å². The summed E-state index contributed by atoms with van der Waals surface area (Å²) < 4.78 is 22.5. The van der Waals surface area contributed by atoms with Crippen LogP contribution in [0.15, 0.2) is 66.0 Å². The molecule has 0 spiro atoms. The van der Waals surface area contributed by atoms with Crippen molar-refractivity contribution >= 4 is 45.9 Å². The van der Waals surface area contributed by atoms with E-state index in [2.05, 4.69) is 5.32 Å². The number of hydrogen-bond donors (Lipinski definition) is 3. The molecule has 3 rings (SSSR count). The lowest BCUT2D eigenvalue weighted by molar-refractivity contribution is -0.139. The van der Waals surface area contributed by atoms with Crippen molar-refractivity contribution in [3.05, 3.63) is 70.9 Å². The number of carbonyl (C=O) groups excluding carboxylic acids is 1. The molecule has 162 valence electrons. The minimum Gasteiger partial charge on any atom is -0.480 e. The van der Waals surface area contributed by atoms with Gasteiger partial charge in [-0.1, -0.05) is 44.2 Å². The Hall–Kier alpha value is -3.01. The Morgan fingerprint density at radius 3 is 2.03 bits per heavy atom. The van der Waals surface area contributed by atoms with E-state index in [0.717, 1.165) is 15.4 Å². The van der Waals surface area contributed by atoms with Crippen molar-refractivity contribution in [2.45, 2.75) is 19.9 Å². The van der Waals surface area contributed by atoms with E-state index in [1.54, 1.807) is 56.3 Å². The molecule has 7 nitrogen and oxygen atoms in total. The first kappa shape index (κ1) is 22.7. The van der Waals surface area contributed by atoms with E-state index in [1.165, 1.54) is 11.3 Å². The Labute approximate surface area is 186 Å². The van der Waals surface area contributed by atoms with Crippen LogP contribution in [0.5, 0.6) is 0 Å². The summed E-state index contributed by atoms with van der Waals surface area (Å²) in [6.45, 7) is 3.37. The number of benzene rings is 2. The monoisotopic (exact) mass is 458 g/mol. The molecule has 0 bridgehead atoms. The number of anilines is 2. The van der Waals surface area contributed by atoms with Gasteiger partial charge >= 0.3 is 5.97 Å². The van der Waals surface area contributed by atoms with Crippen molar-refractivity contribution in [3.63, 3.8) is 0 Å². The third-order valence-corrected chi connectivity index (χ3v) is 6.29. The quantitative estimate of drug-likeness (QED) is 0.424. The van der Waals surface area contributed by atoms with Crippen LogP contribution in [0.1, 0.15) is 23.5 Å². The second-order valence-electron chi connectivity index (χ2n) is 7.14. The van der Waals surface area contributed by atoms with Crippen LogP contribution in [0, 0.1) is 5.92 Å². The number of rotatable bonds is 8. The molecule has 0 saturated heterocycles. The Morgan fingerprint density at radius 2 is 1.58 bits per heavy atom. The molecule has 3 N–H and O–H groups in total. The van der Waals surface area contributed by atoms with Gasteiger partial charge in [0.1, 0.15) is 6.04 Å². The van der Waals surface area contributed by atoms with Gasteiger partial charge in [-0.2, -0.15) is 0 Å². The lowest BCUT2D eigenvalue weighted by atomic mass is 10.0. The summed E-state index contributed by atoms with van der Waals surface area (Å²) in [5, 5.41) is 14.2. The summed E-state index contributed by atoms with van der Waals surface area (Å²) in [5.41, 5.74) is 2.74. The average molecular weight is 459 g/mol. The Balaban J connectivity index is 1.78. The smallest absolute Gasteiger partial charge is 0.327 e. The fourth-order valence-corrected chi connectivity index (χ4v) is 4.60. The van der Waals surface area contributed by atoms with E-state index in [0.29, 0.717) is 16.3 Å². The average Bonchev–Trinajstić information content (AvgIpc) is 3.27. The zero-order valence-electron chi connectivity index (χ0n) is 16.9. The van der Waals surface area contributed by atoms with Crippen molar-refractivity contribution in [1.82, 2.24) is 0 Å². The number of nitrogens with one attached hydrogen (secondary N) is 1. The second-order valence-corrected chi connectivity index (χ2v) is 8.94. The minimum absolute atomic E-state index is 0.165. The molecule has 0 saturated carbocycles. The van der Waals surface area contributed by atoms with Gasteiger partial charge in [-0.05, 0) is 52.8 Å². The molecule has 2 aromatic carbocycles. The number of carboxylic acid groups (broad SMARTS) is 1. The zero-order chi connectivity index (χ0) is 22.5. The van der Waals surface area contributed by atoms with E-state index in [1.807, 2.05) is 23.6 Å². The minimum atomic E-state index is -2.49. The highest BCUT2D eigenvalue weighted by Crippen LogP contribution is 2.28. The van der Waals surface area contributed by atoms with Crippen LogP contribution in [0.4, 0.5) is 11.4 Å². The second kappa shape index (κ2) is 9.86. The fraction of sp³-hybridized carbons (Fsp3) is 0.182. The number of amides is 1. The van der Waals surface area contributed by atoms with Crippen LogP contribution in [-0.2, 0) is 16.1 Å². The van der Waals surface area contributed by atoms with Crippen LogP contribution in [-0.4, -0.2) is 31.8 Å². The van der Waals surface area contributed by atoms with Crippen molar-refractivity contribution in [2.75, 3.05) is 9.62 Å². The van der Waals surface area contributed by atoms with E-state index >= 15 is 0 Å². The summed E-state index contributed by atoms with van der Waals surface area (Å²) in [4.78, 5) is 24.4. The van der Waals surface area contributed by atoms with Gasteiger partial charge in [-0.3, -0.25) is 13.7 Å². The molecule has 0 aliphatic rings. The molecule has 9 heteroatoms. The molecule has 0 aliphatic carbocycles. The maximum Gasteiger partial charge on any atom is 0.327 e. The Bertz CT molecular complexity index is 1060. The molecule has 0 aliphatic heterocycles. The Kier molecular flexibility index (Phi) is 7.21. The summed E-state index contributed by atoms with van der Waals surface area (Å²) in [7, 11) is 0. The third kappa shape index (κ3) is 5.38. The first-order valence-electron chi connectivity index (χ1n) is 9.46. The van der Waals surface area contributed by atoms with Gasteiger partial charge in [0.25, 0.3) is 17.2 Å². The van der Waals surface area contributed by atoms with Gasteiger partial charge in [-0.25, -0.2) is 9.00 Å². The predicted octanol–water partition coefficient (Wildman–Crippen LogP) is 4.72. The summed E-state index contributed by atoms with van der Waals surface area (Å²) in [5.74, 6) is -1.70. The van der Waals surface area contributed by atoms with Crippen molar-refractivity contribution in [1.29, 1.82) is 0 Å². The van der Waals surface area contributed by atoms with Gasteiger partial charge in [0, 0.05) is 5.69 Å². The first-order valence-corrected chi connectivity index (χ1v) is 11.4. The lowest BCUT2D eigenvalue weighted by Gasteiger charge is -2.29. The third-order valence-electron chi connectivity index (χ3n) is 4.65. The molecule has 0 fully saturated rings. The maximum atomic E-state index is 12.1. The highest BCUT2D eigenvalue weighted by molar-refractivity contribution is 7.80. The molecular weight excluding hydrogens is 436 g/mol. The predicted molar refractivity (Wildman–Crippen MR) is 124 cm³/mol. The van der Waals surface area contributed by atoms with Gasteiger partial charge < -0.3 is 10.4 Å². The summed E-state index contributed by atoms with van der Waals surface area (Å²) in [6.07, 6.45) is 0.